The van der Waals surface area contributed by atoms with Crippen LogP contribution in [0.3, 0.4) is 0 Å². The van der Waals surface area contributed by atoms with Crippen molar-refractivity contribution in [1.82, 2.24) is 9.80 Å². The van der Waals surface area contributed by atoms with Gasteiger partial charge in [-0.15, -0.1) is 0 Å². The molecular weight excluding hydrogens is 458 g/mol. The Labute approximate surface area is 212 Å². The molecule has 1 spiro atoms. The van der Waals surface area contributed by atoms with Crippen LogP contribution in [-0.2, 0) is 19.1 Å². The molecule has 1 unspecified atom stereocenters. The average Bonchev–Trinajstić information content (AvgIpc) is 3.21. The number of para-hydroxylation sites is 1. The Kier molecular flexibility index (Phi) is 6.74. The van der Waals surface area contributed by atoms with Crippen LogP contribution in [0, 0.1) is 11.8 Å². The Bertz CT molecular complexity index is 1070. The zero-order chi connectivity index (χ0) is 25.4. The molecule has 1 aromatic rings. The number of hydrogen-bond donors (Lipinski definition) is 1. The van der Waals surface area contributed by atoms with Crippen molar-refractivity contribution < 1.29 is 24.2 Å². The van der Waals surface area contributed by atoms with Gasteiger partial charge in [-0.3, -0.25) is 14.4 Å². The van der Waals surface area contributed by atoms with Crippen molar-refractivity contribution in [3.8, 4) is 0 Å². The molecule has 0 aliphatic carbocycles. The predicted molar refractivity (Wildman–Crippen MR) is 135 cm³/mol. The van der Waals surface area contributed by atoms with Gasteiger partial charge in [0.15, 0.2) is 0 Å². The van der Waals surface area contributed by atoms with E-state index in [0.717, 1.165) is 18.5 Å². The van der Waals surface area contributed by atoms with Gasteiger partial charge in [0, 0.05) is 25.3 Å². The third-order valence-corrected chi connectivity index (χ3v) is 8.10. The van der Waals surface area contributed by atoms with Crippen LogP contribution in [0.5, 0.6) is 0 Å². The maximum Gasteiger partial charge on any atom is 0.249 e. The second kappa shape index (κ2) is 9.82. The summed E-state index contributed by atoms with van der Waals surface area (Å²) in [5.74, 6) is -2.26. The first-order valence-corrected chi connectivity index (χ1v) is 13.1. The number of anilines is 1. The highest BCUT2D eigenvalue weighted by Gasteiger charge is 2.72. The van der Waals surface area contributed by atoms with Crippen molar-refractivity contribution in [2.24, 2.45) is 11.8 Å². The topological polar surface area (TPSA) is 90.4 Å². The fourth-order valence-electron chi connectivity index (χ4n) is 6.32. The minimum Gasteiger partial charge on any atom is -0.394 e. The summed E-state index contributed by atoms with van der Waals surface area (Å²) < 4.78 is 6.65. The number of carbonyl (C=O) groups is 3. The molecule has 2 saturated heterocycles. The normalized spacial score (nSPS) is 32.3. The summed E-state index contributed by atoms with van der Waals surface area (Å²) in [6, 6.07) is 7.96. The van der Waals surface area contributed by atoms with E-state index in [9.17, 15) is 19.5 Å². The number of aliphatic hydroxyl groups excluding tert-OH is 1. The lowest BCUT2D eigenvalue weighted by Gasteiger charge is -2.38. The maximum absolute atomic E-state index is 14.2. The smallest absolute Gasteiger partial charge is 0.249 e. The molecule has 3 amide bonds. The van der Waals surface area contributed by atoms with Crippen LogP contribution < -0.4 is 4.90 Å². The fraction of sp³-hybridized carbons (Fsp3) is 0.536. The van der Waals surface area contributed by atoms with Crippen LogP contribution in [0.4, 0.5) is 5.69 Å². The lowest BCUT2D eigenvalue weighted by molar-refractivity contribution is -0.150. The van der Waals surface area contributed by atoms with Crippen molar-refractivity contribution in [3.05, 3.63) is 54.6 Å². The highest BCUT2D eigenvalue weighted by Crippen LogP contribution is 2.54. The second-order valence-electron chi connectivity index (χ2n) is 10.1. The van der Waals surface area contributed by atoms with E-state index in [1.807, 2.05) is 61.6 Å². The first kappa shape index (κ1) is 24.7. The molecule has 4 heterocycles. The summed E-state index contributed by atoms with van der Waals surface area (Å²) in [5.41, 5.74) is -0.500. The van der Waals surface area contributed by atoms with Gasteiger partial charge in [-0.25, -0.2) is 0 Å². The zero-order valence-corrected chi connectivity index (χ0v) is 21.0. The zero-order valence-electron chi connectivity index (χ0n) is 21.0. The number of benzene rings is 1. The molecule has 4 aliphatic heterocycles. The van der Waals surface area contributed by atoms with Crippen molar-refractivity contribution in [3.63, 3.8) is 0 Å². The number of likely N-dealkylation sites (tertiary alicyclic amines) is 1. The quantitative estimate of drug-likeness (QED) is 0.588. The molecule has 8 nitrogen and oxygen atoms in total. The highest BCUT2D eigenvalue weighted by molar-refractivity contribution is 6.03. The summed E-state index contributed by atoms with van der Waals surface area (Å²) in [4.78, 5) is 47.2. The van der Waals surface area contributed by atoms with Crippen molar-refractivity contribution in [2.45, 2.75) is 56.9 Å². The van der Waals surface area contributed by atoms with E-state index in [-0.39, 0.29) is 24.3 Å². The summed E-state index contributed by atoms with van der Waals surface area (Å²) in [6.07, 6.45) is 9.22. The lowest BCUT2D eigenvalue weighted by Crippen LogP contribution is -2.58. The van der Waals surface area contributed by atoms with Crippen molar-refractivity contribution in [1.29, 1.82) is 0 Å². The Hall–Kier alpha value is -2.97. The van der Waals surface area contributed by atoms with Crippen LogP contribution in [0.2, 0.25) is 0 Å². The summed E-state index contributed by atoms with van der Waals surface area (Å²) >= 11 is 0. The molecule has 8 heteroatoms. The van der Waals surface area contributed by atoms with E-state index >= 15 is 0 Å². The molecule has 2 fully saturated rings. The van der Waals surface area contributed by atoms with Gasteiger partial charge < -0.3 is 24.5 Å². The molecule has 36 heavy (non-hydrogen) atoms. The molecule has 192 valence electrons. The van der Waals surface area contributed by atoms with Gasteiger partial charge in [0.2, 0.25) is 17.7 Å². The summed E-state index contributed by atoms with van der Waals surface area (Å²) in [7, 11) is 0. The number of carbonyl (C=O) groups excluding carboxylic acids is 3. The van der Waals surface area contributed by atoms with Crippen LogP contribution in [-0.4, -0.2) is 82.7 Å². The van der Waals surface area contributed by atoms with Crippen molar-refractivity contribution in [2.75, 3.05) is 31.1 Å². The van der Waals surface area contributed by atoms with Gasteiger partial charge in [0.1, 0.15) is 11.6 Å². The molecule has 0 radical (unpaired) electrons. The molecule has 1 aromatic carbocycles. The van der Waals surface area contributed by atoms with E-state index in [4.69, 9.17) is 4.74 Å². The van der Waals surface area contributed by atoms with E-state index in [1.165, 1.54) is 4.90 Å². The molecule has 6 atom stereocenters. The molecule has 0 saturated carbocycles. The first-order valence-electron chi connectivity index (χ1n) is 13.1. The van der Waals surface area contributed by atoms with Gasteiger partial charge in [-0.2, -0.15) is 0 Å². The number of ether oxygens (including phenoxy) is 1. The molecule has 1 N–H and O–H groups in total. The van der Waals surface area contributed by atoms with E-state index < -0.39 is 35.6 Å². The largest absolute Gasteiger partial charge is 0.394 e. The third-order valence-electron chi connectivity index (χ3n) is 8.10. The van der Waals surface area contributed by atoms with Gasteiger partial charge in [-0.1, -0.05) is 62.8 Å². The minimum absolute atomic E-state index is 0.177. The van der Waals surface area contributed by atoms with Gasteiger partial charge in [-0.05, 0) is 25.0 Å². The monoisotopic (exact) mass is 493 g/mol. The van der Waals surface area contributed by atoms with E-state index in [2.05, 4.69) is 6.92 Å². The van der Waals surface area contributed by atoms with Gasteiger partial charge in [0.25, 0.3) is 0 Å². The molecule has 5 rings (SSSR count). The minimum atomic E-state index is -1.26. The Balaban J connectivity index is 1.60. The van der Waals surface area contributed by atoms with Gasteiger partial charge >= 0.3 is 0 Å². The van der Waals surface area contributed by atoms with Crippen molar-refractivity contribution >= 4 is 23.4 Å². The third kappa shape index (κ3) is 3.69. The Morgan fingerprint density at radius 2 is 1.83 bits per heavy atom. The van der Waals surface area contributed by atoms with E-state index in [0.29, 0.717) is 26.1 Å². The van der Waals surface area contributed by atoms with Crippen LogP contribution in [0.1, 0.15) is 33.1 Å². The molecular formula is C28H35N3O5. The number of nitrogens with zero attached hydrogens (tertiary/aromatic N) is 3. The van der Waals surface area contributed by atoms with Crippen LogP contribution in [0.15, 0.2) is 54.6 Å². The predicted octanol–water partition coefficient (Wildman–Crippen LogP) is 2.14. The maximum atomic E-state index is 14.2. The Morgan fingerprint density at radius 3 is 2.53 bits per heavy atom. The molecule has 0 aromatic heterocycles. The SMILES string of the molecule is CCCCN1CC=C[C@]23O[C@H]4C=CCN(c5ccccc5)C(=O)[C@H]4[C@H]2C(=O)N([C@@H](CC)CO)C3C1=O. The number of amides is 3. The fourth-order valence-corrected chi connectivity index (χ4v) is 6.32. The number of rotatable bonds is 7. The Morgan fingerprint density at radius 1 is 1.06 bits per heavy atom. The summed E-state index contributed by atoms with van der Waals surface area (Å²) in [5, 5.41) is 10.2. The first-order chi connectivity index (χ1) is 17.5. The highest BCUT2D eigenvalue weighted by atomic mass is 16.5. The van der Waals surface area contributed by atoms with Gasteiger partial charge in [0.05, 0.1) is 30.6 Å². The number of fused-ring (bicyclic) bond motifs is 2. The summed E-state index contributed by atoms with van der Waals surface area (Å²) in [6.45, 7) is 5.10. The second-order valence-corrected chi connectivity index (χ2v) is 10.1. The van der Waals surface area contributed by atoms with E-state index in [1.54, 1.807) is 9.80 Å². The molecule has 0 bridgehead atoms. The average molecular weight is 494 g/mol. The molecule has 4 aliphatic rings. The number of hydrogen-bond acceptors (Lipinski definition) is 5. The standard InChI is InChI=1S/C28H35N3O5/c1-3-5-15-29-16-10-14-28-23(26(34)31(19(4-2)18-32)24(28)27(29)35)22-21(36-28)13-9-17-30(25(22)33)20-11-7-6-8-12-20/h6-14,19,21-24,32H,3-5,15-18H2,1-2H3/t19-,21-,22+,23-,24?,28-/m0/s1. The van der Waals surface area contributed by atoms with Crippen LogP contribution in [0.25, 0.3) is 0 Å². The lowest BCUT2D eigenvalue weighted by atomic mass is 9.77. The van der Waals surface area contributed by atoms with Crippen LogP contribution >= 0.6 is 0 Å². The number of aliphatic hydroxyl groups is 1. The number of unbranched alkanes of at least 4 members (excludes halogenated alkanes) is 1.